The summed E-state index contributed by atoms with van der Waals surface area (Å²) in [5.74, 6) is -2.72. The molecule has 11 heteroatoms. The molecule has 0 aliphatic carbocycles. The predicted octanol–water partition coefficient (Wildman–Crippen LogP) is 3.02. The molecule has 0 radical (unpaired) electrons. The number of piperidine rings is 1. The highest BCUT2D eigenvalue weighted by atomic mass is 19.4. The van der Waals surface area contributed by atoms with Gasteiger partial charge in [0.05, 0.1) is 13.2 Å². The van der Waals surface area contributed by atoms with E-state index in [-0.39, 0.29) is 44.3 Å². The number of ether oxygens (including phenoxy) is 1. The number of amides is 2. The summed E-state index contributed by atoms with van der Waals surface area (Å²) in [6.45, 7) is 0.139. The Labute approximate surface area is 200 Å². The lowest BCUT2D eigenvalue weighted by molar-refractivity contribution is -0.242. The summed E-state index contributed by atoms with van der Waals surface area (Å²) >= 11 is 0. The normalized spacial score (nSPS) is 15.7. The van der Waals surface area contributed by atoms with Crippen LogP contribution in [-0.2, 0) is 14.4 Å². The molecule has 188 valence electrons. The highest BCUT2D eigenvalue weighted by molar-refractivity contribution is 5.94. The van der Waals surface area contributed by atoms with Crippen molar-refractivity contribution in [1.82, 2.24) is 15.7 Å². The maximum atomic E-state index is 12.8. The minimum absolute atomic E-state index is 0.0101. The van der Waals surface area contributed by atoms with Gasteiger partial charge in [-0.2, -0.15) is 13.2 Å². The molecule has 2 aromatic rings. The summed E-state index contributed by atoms with van der Waals surface area (Å²) in [6.07, 6.45) is -4.62. The number of benzene rings is 2. The molecule has 1 aliphatic heterocycles. The van der Waals surface area contributed by atoms with Gasteiger partial charge in [0.2, 0.25) is 5.91 Å². The summed E-state index contributed by atoms with van der Waals surface area (Å²) in [5.41, 5.74) is 1.22. The van der Waals surface area contributed by atoms with Gasteiger partial charge < -0.3 is 20.2 Å². The van der Waals surface area contributed by atoms with Crippen LogP contribution in [0.2, 0.25) is 0 Å². The third-order valence-electron chi connectivity index (χ3n) is 5.61. The molecule has 0 aromatic heterocycles. The fourth-order valence-electron chi connectivity index (χ4n) is 3.65. The van der Waals surface area contributed by atoms with E-state index in [1.165, 1.54) is 7.11 Å². The monoisotopic (exact) mass is 493 g/mol. The van der Waals surface area contributed by atoms with Crippen molar-refractivity contribution in [3.63, 3.8) is 0 Å². The zero-order valence-corrected chi connectivity index (χ0v) is 19.0. The summed E-state index contributed by atoms with van der Waals surface area (Å²) in [5, 5.41) is 6.67. The number of carbonyl (C=O) groups is 3. The fraction of sp³-hybridized carbons (Fsp3) is 0.375. The minimum atomic E-state index is -5.07. The van der Waals surface area contributed by atoms with Crippen LogP contribution in [-0.4, -0.2) is 55.8 Å². The smallest absolute Gasteiger partial charge is 0.492 e. The topological polar surface area (TPSA) is 97.0 Å². The third kappa shape index (κ3) is 7.44. The van der Waals surface area contributed by atoms with E-state index < -0.39 is 24.1 Å². The SMILES string of the molecule is COc1ccc(C(=O)NC(CNC(=O)C2CCN(OC(=O)C(F)(F)F)CC2)c2ccccc2)cc1. The second-order valence-corrected chi connectivity index (χ2v) is 7.99. The van der Waals surface area contributed by atoms with Gasteiger partial charge in [-0.3, -0.25) is 9.59 Å². The van der Waals surface area contributed by atoms with Crippen molar-refractivity contribution >= 4 is 17.8 Å². The number of methoxy groups -OCH3 is 1. The Balaban J connectivity index is 1.56. The number of halogens is 3. The summed E-state index contributed by atoms with van der Waals surface area (Å²) in [4.78, 5) is 40.8. The Bertz CT molecular complexity index is 1010. The lowest BCUT2D eigenvalue weighted by Crippen LogP contribution is -2.45. The molecule has 8 nitrogen and oxygen atoms in total. The molecule has 3 rings (SSSR count). The Morgan fingerprint density at radius 2 is 1.66 bits per heavy atom. The van der Waals surface area contributed by atoms with Crippen LogP contribution in [0, 0.1) is 5.92 Å². The van der Waals surface area contributed by atoms with Crippen LogP contribution < -0.4 is 15.4 Å². The molecule has 0 bridgehead atoms. The third-order valence-corrected chi connectivity index (χ3v) is 5.61. The van der Waals surface area contributed by atoms with Gasteiger partial charge in [-0.25, -0.2) is 4.79 Å². The van der Waals surface area contributed by atoms with Gasteiger partial charge in [-0.1, -0.05) is 30.3 Å². The van der Waals surface area contributed by atoms with Crippen molar-refractivity contribution < 1.29 is 37.1 Å². The predicted molar refractivity (Wildman–Crippen MR) is 119 cm³/mol. The van der Waals surface area contributed by atoms with E-state index >= 15 is 0 Å². The maximum absolute atomic E-state index is 12.8. The molecule has 1 unspecified atom stereocenters. The van der Waals surface area contributed by atoms with Crippen molar-refractivity contribution in [2.45, 2.75) is 25.1 Å². The van der Waals surface area contributed by atoms with E-state index in [0.29, 0.717) is 11.3 Å². The number of hydroxylamine groups is 2. The second-order valence-electron chi connectivity index (χ2n) is 7.99. The number of hydrogen-bond donors (Lipinski definition) is 2. The van der Waals surface area contributed by atoms with Crippen LogP contribution in [0.15, 0.2) is 54.6 Å². The Hall–Kier alpha value is -3.60. The van der Waals surface area contributed by atoms with E-state index in [4.69, 9.17) is 4.74 Å². The molecular weight excluding hydrogens is 467 g/mol. The highest BCUT2D eigenvalue weighted by Crippen LogP contribution is 2.22. The van der Waals surface area contributed by atoms with Crippen molar-refractivity contribution in [1.29, 1.82) is 0 Å². The first-order valence-electron chi connectivity index (χ1n) is 11.0. The molecule has 0 saturated carbocycles. The average molecular weight is 493 g/mol. The number of hydrogen-bond acceptors (Lipinski definition) is 6. The number of carbonyl (C=O) groups excluding carboxylic acids is 3. The zero-order valence-electron chi connectivity index (χ0n) is 19.0. The standard InChI is InChI=1S/C24H26F3N3O5/c1-34-19-9-7-17(8-10-19)22(32)29-20(16-5-3-2-4-6-16)15-28-21(31)18-11-13-30(14-12-18)35-23(33)24(25,26)27/h2-10,18,20H,11-15H2,1H3,(H,28,31)(H,29,32). The molecule has 2 aromatic carbocycles. The van der Waals surface area contributed by atoms with Gasteiger partial charge in [-0.15, -0.1) is 5.06 Å². The van der Waals surface area contributed by atoms with Crippen molar-refractivity contribution in [3.8, 4) is 5.75 Å². The molecule has 1 atom stereocenters. The highest BCUT2D eigenvalue weighted by Gasteiger charge is 2.43. The van der Waals surface area contributed by atoms with Gasteiger partial charge in [0.15, 0.2) is 0 Å². The van der Waals surface area contributed by atoms with Crippen molar-refractivity contribution in [2.24, 2.45) is 5.92 Å². The lowest BCUT2D eigenvalue weighted by atomic mass is 9.96. The van der Waals surface area contributed by atoms with Crippen LogP contribution in [0.4, 0.5) is 13.2 Å². The van der Waals surface area contributed by atoms with Gasteiger partial charge in [0, 0.05) is 31.1 Å². The average Bonchev–Trinajstić information content (AvgIpc) is 2.86. The Morgan fingerprint density at radius 1 is 1.03 bits per heavy atom. The summed E-state index contributed by atoms with van der Waals surface area (Å²) < 4.78 is 42.2. The molecule has 1 aliphatic rings. The summed E-state index contributed by atoms with van der Waals surface area (Å²) in [7, 11) is 1.53. The number of nitrogens with one attached hydrogen (secondary N) is 2. The van der Waals surface area contributed by atoms with Crippen molar-refractivity contribution in [2.75, 3.05) is 26.7 Å². The van der Waals surface area contributed by atoms with E-state index in [9.17, 15) is 27.6 Å². The number of rotatable bonds is 8. The quantitative estimate of drug-likeness (QED) is 0.587. The molecule has 2 N–H and O–H groups in total. The first kappa shape index (κ1) is 26.0. The van der Waals surface area contributed by atoms with Gasteiger partial charge in [0.25, 0.3) is 5.91 Å². The fourth-order valence-corrected chi connectivity index (χ4v) is 3.65. The van der Waals surface area contributed by atoms with Crippen LogP contribution in [0.3, 0.4) is 0 Å². The molecule has 1 saturated heterocycles. The Morgan fingerprint density at radius 3 is 2.23 bits per heavy atom. The summed E-state index contributed by atoms with van der Waals surface area (Å²) in [6, 6.07) is 15.2. The van der Waals surface area contributed by atoms with E-state index in [1.54, 1.807) is 24.3 Å². The van der Waals surface area contributed by atoms with Crippen LogP contribution >= 0.6 is 0 Å². The largest absolute Gasteiger partial charge is 0.497 e. The van der Waals surface area contributed by atoms with Crippen LogP contribution in [0.1, 0.15) is 34.8 Å². The Kier molecular flexibility index (Phi) is 8.69. The molecule has 0 spiro atoms. The first-order chi connectivity index (χ1) is 16.7. The minimum Gasteiger partial charge on any atom is -0.497 e. The molecule has 1 heterocycles. The zero-order chi connectivity index (χ0) is 25.4. The lowest BCUT2D eigenvalue weighted by Gasteiger charge is -2.30. The van der Waals surface area contributed by atoms with Gasteiger partial charge in [-0.05, 0) is 42.7 Å². The van der Waals surface area contributed by atoms with Crippen LogP contribution in [0.25, 0.3) is 0 Å². The van der Waals surface area contributed by atoms with E-state index in [1.807, 2.05) is 30.3 Å². The number of nitrogens with zero attached hydrogens (tertiary/aromatic N) is 1. The van der Waals surface area contributed by atoms with Gasteiger partial charge in [0.1, 0.15) is 5.75 Å². The van der Waals surface area contributed by atoms with Crippen LogP contribution in [0.5, 0.6) is 5.75 Å². The molecular formula is C24H26F3N3O5. The molecule has 2 amide bonds. The van der Waals surface area contributed by atoms with Crippen molar-refractivity contribution in [3.05, 3.63) is 65.7 Å². The molecule has 1 fully saturated rings. The maximum Gasteiger partial charge on any atom is 0.492 e. The second kappa shape index (κ2) is 11.7. The van der Waals surface area contributed by atoms with E-state index in [2.05, 4.69) is 15.5 Å². The molecule has 35 heavy (non-hydrogen) atoms. The number of alkyl halides is 3. The first-order valence-corrected chi connectivity index (χ1v) is 11.0. The van der Waals surface area contributed by atoms with E-state index in [0.717, 1.165) is 10.6 Å². The van der Waals surface area contributed by atoms with Gasteiger partial charge >= 0.3 is 12.1 Å².